The van der Waals surface area contributed by atoms with Gasteiger partial charge in [-0.1, -0.05) is 0 Å². The lowest BCUT2D eigenvalue weighted by Gasteiger charge is -2.30. The van der Waals surface area contributed by atoms with Crippen LogP contribution in [-0.2, 0) is 9.47 Å². The van der Waals surface area contributed by atoms with Crippen LogP contribution in [0.5, 0.6) is 0 Å². The van der Waals surface area contributed by atoms with Crippen molar-refractivity contribution in [2.45, 2.75) is 43.4 Å². The SMILES string of the molecule is COC1(CN2CCC(NC3CC3)C2)CCOC1. The zero-order valence-corrected chi connectivity index (χ0v) is 10.8. The van der Waals surface area contributed by atoms with Crippen LogP contribution in [0.25, 0.3) is 0 Å². The van der Waals surface area contributed by atoms with Gasteiger partial charge in [0.2, 0.25) is 0 Å². The molecule has 0 amide bonds. The summed E-state index contributed by atoms with van der Waals surface area (Å²) >= 11 is 0. The summed E-state index contributed by atoms with van der Waals surface area (Å²) in [7, 11) is 1.82. The molecule has 4 nitrogen and oxygen atoms in total. The predicted octanol–water partition coefficient (Wildman–Crippen LogP) is 0.618. The molecule has 2 atom stereocenters. The summed E-state index contributed by atoms with van der Waals surface area (Å²) in [5.41, 5.74) is -0.0333. The van der Waals surface area contributed by atoms with Gasteiger partial charge in [0.1, 0.15) is 5.60 Å². The Morgan fingerprint density at radius 1 is 1.35 bits per heavy atom. The summed E-state index contributed by atoms with van der Waals surface area (Å²) in [4.78, 5) is 2.54. The summed E-state index contributed by atoms with van der Waals surface area (Å²) < 4.78 is 11.2. The van der Waals surface area contributed by atoms with E-state index in [0.29, 0.717) is 6.04 Å². The van der Waals surface area contributed by atoms with Gasteiger partial charge in [0.05, 0.1) is 6.61 Å². The minimum absolute atomic E-state index is 0.0333. The van der Waals surface area contributed by atoms with Gasteiger partial charge in [0.15, 0.2) is 0 Å². The molecule has 2 unspecified atom stereocenters. The fourth-order valence-corrected chi connectivity index (χ4v) is 3.04. The smallest absolute Gasteiger partial charge is 0.106 e. The van der Waals surface area contributed by atoms with E-state index in [9.17, 15) is 0 Å². The summed E-state index contributed by atoms with van der Waals surface area (Å²) in [5.74, 6) is 0. The highest BCUT2D eigenvalue weighted by Gasteiger charge is 2.39. The topological polar surface area (TPSA) is 33.7 Å². The van der Waals surface area contributed by atoms with Crippen LogP contribution in [0, 0.1) is 0 Å². The lowest BCUT2D eigenvalue weighted by Crippen LogP contribution is -2.45. The normalized spacial score (nSPS) is 39.0. The molecule has 1 N–H and O–H groups in total. The first kappa shape index (κ1) is 11.9. The van der Waals surface area contributed by atoms with E-state index in [4.69, 9.17) is 9.47 Å². The van der Waals surface area contributed by atoms with Crippen molar-refractivity contribution in [3.63, 3.8) is 0 Å². The summed E-state index contributed by atoms with van der Waals surface area (Å²) in [6.45, 7) is 5.04. The molecular weight excluding hydrogens is 216 g/mol. The molecule has 4 heteroatoms. The van der Waals surface area contributed by atoms with Crippen LogP contribution in [0.3, 0.4) is 0 Å². The molecule has 1 saturated carbocycles. The first-order valence-corrected chi connectivity index (χ1v) is 6.91. The molecule has 17 heavy (non-hydrogen) atoms. The third kappa shape index (κ3) is 2.81. The van der Waals surface area contributed by atoms with E-state index in [1.54, 1.807) is 0 Å². The van der Waals surface area contributed by atoms with Gasteiger partial charge in [0, 0.05) is 45.3 Å². The van der Waals surface area contributed by atoms with Crippen LogP contribution in [0.2, 0.25) is 0 Å². The van der Waals surface area contributed by atoms with Crippen molar-refractivity contribution in [2.75, 3.05) is 40.0 Å². The highest BCUT2D eigenvalue weighted by atomic mass is 16.5. The zero-order valence-electron chi connectivity index (χ0n) is 10.8. The molecule has 0 bridgehead atoms. The second kappa shape index (κ2) is 4.84. The van der Waals surface area contributed by atoms with Crippen molar-refractivity contribution in [1.29, 1.82) is 0 Å². The van der Waals surface area contributed by atoms with E-state index >= 15 is 0 Å². The van der Waals surface area contributed by atoms with Crippen LogP contribution in [0.15, 0.2) is 0 Å². The monoisotopic (exact) mass is 240 g/mol. The van der Waals surface area contributed by atoms with Crippen LogP contribution in [0.4, 0.5) is 0 Å². The number of hydrogen-bond donors (Lipinski definition) is 1. The van der Waals surface area contributed by atoms with E-state index in [1.807, 2.05) is 7.11 Å². The van der Waals surface area contributed by atoms with Gasteiger partial charge in [-0.15, -0.1) is 0 Å². The molecular formula is C13H24N2O2. The Kier molecular flexibility index (Phi) is 3.39. The number of nitrogens with one attached hydrogen (secondary N) is 1. The minimum Gasteiger partial charge on any atom is -0.378 e. The average Bonchev–Trinajstić information content (AvgIpc) is 2.86. The highest BCUT2D eigenvalue weighted by molar-refractivity contribution is 4.94. The van der Waals surface area contributed by atoms with Gasteiger partial charge in [0.25, 0.3) is 0 Å². The summed E-state index contributed by atoms with van der Waals surface area (Å²) in [6, 6.07) is 1.53. The minimum atomic E-state index is -0.0333. The van der Waals surface area contributed by atoms with Crippen LogP contribution >= 0.6 is 0 Å². The average molecular weight is 240 g/mol. The van der Waals surface area contributed by atoms with Gasteiger partial charge in [-0.05, 0) is 25.8 Å². The molecule has 3 aliphatic rings. The van der Waals surface area contributed by atoms with Crippen molar-refractivity contribution < 1.29 is 9.47 Å². The van der Waals surface area contributed by atoms with Crippen LogP contribution in [-0.4, -0.2) is 62.5 Å². The fraction of sp³-hybridized carbons (Fsp3) is 1.00. The van der Waals surface area contributed by atoms with Gasteiger partial charge in [-0.25, -0.2) is 0 Å². The molecule has 2 heterocycles. The maximum absolute atomic E-state index is 5.70. The molecule has 0 radical (unpaired) electrons. The largest absolute Gasteiger partial charge is 0.378 e. The number of hydrogen-bond acceptors (Lipinski definition) is 4. The zero-order chi connectivity index (χ0) is 11.7. The molecule has 0 spiro atoms. The fourth-order valence-electron chi connectivity index (χ4n) is 3.04. The molecule has 0 aromatic heterocycles. The third-order valence-electron chi connectivity index (χ3n) is 4.33. The van der Waals surface area contributed by atoms with Crippen molar-refractivity contribution in [1.82, 2.24) is 10.2 Å². The van der Waals surface area contributed by atoms with E-state index in [-0.39, 0.29) is 5.60 Å². The van der Waals surface area contributed by atoms with Crippen molar-refractivity contribution in [3.05, 3.63) is 0 Å². The van der Waals surface area contributed by atoms with Crippen molar-refractivity contribution >= 4 is 0 Å². The lowest BCUT2D eigenvalue weighted by molar-refractivity contribution is -0.0372. The molecule has 0 aromatic rings. The Morgan fingerprint density at radius 2 is 2.24 bits per heavy atom. The summed E-state index contributed by atoms with van der Waals surface area (Å²) in [5, 5.41) is 3.72. The predicted molar refractivity (Wildman–Crippen MR) is 66.2 cm³/mol. The van der Waals surface area contributed by atoms with Crippen molar-refractivity contribution in [3.8, 4) is 0 Å². The van der Waals surface area contributed by atoms with Gasteiger partial charge in [-0.2, -0.15) is 0 Å². The van der Waals surface area contributed by atoms with Gasteiger partial charge in [-0.3, -0.25) is 4.90 Å². The molecule has 3 fully saturated rings. The Bertz CT molecular complexity index is 262. The maximum atomic E-state index is 5.70. The Labute approximate surface area is 104 Å². The maximum Gasteiger partial charge on any atom is 0.106 e. The van der Waals surface area contributed by atoms with E-state index < -0.39 is 0 Å². The van der Waals surface area contributed by atoms with E-state index in [1.165, 1.54) is 32.4 Å². The Balaban J connectivity index is 1.48. The molecule has 1 aliphatic carbocycles. The highest BCUT2D eigenvalue weighted by Crippen LogP contribution is 2.26. The second-order valence-electron chi connectivity index (χ2n) is 5.85. The van der Waals surface area contributed by atoms with E-state index in [2.05, 4.69) is 10.2 Å². The van der Waals surface area contributed by atoms with Gasteiger partial charge >= 0.3 is 0 Å². The van der Waals surface area contributed by atoms with Crippen LogP contribution < -0.4 is 5.32 Å². The molecule has 0 aromatic carbocycles. The molecule has 2 aliphatic heterocycles. The third-order valence-corrected chi connectivity index (χ3v) is 4.33. The Morgan fingerprint density at radius 3 is 2.88 bits per heavy atom. The first-order chi connectivity index (χ1) is 8.30. The quantitative estimate of drug-likeness (QED) is 0.764. The Hall–Kier alpha value is -0.160. The molecule has 3 rings (SSSR count). The second-order valence-corrected chi connectivity index (χ2v) is 5.85. The summed E-state index contributed by atoms with van der Waals surface area (Å²) in [6.07, 6.45) is 5.09. The molecule has 98 valence electrons. The molecule has 2 saturated heterocycles. The van der Waals surface area contributed by atoms with Gasteiger partial charge < -0.3 is 14.8 Å². The number of nitrogens with zero attached hydrogens (tertiary/aromatic N) is 1. The van der Waals surface area contributed by atoms with E-state index in [0.717, 1.165) is 32.2 Å². The first-order valence-electron chi connectivity index (χ1n) is 6.91. The number of rotatable bonds is 5. The number of likely N-dealkylation sites (tertiary alicyclic amines) is 1. The standard InChI is InChI=1S/C13H24N2O2/c1-16-13(5-7-17-10-13)9-15-6-4-12(8-15)14-11-2-3-11/h11-12,14H,2-10H2,1H3. The number of methoxy groups -OCH3 is 1. The lowest BCUT2D eigenvalue weighted by atomic mass is 10.0. The van der Waals surface area contributed by atoms with Crippen LogP contribution in [0.1, 0.15) is 25.7 Å². The number of ether oxygens (including phenoxy) is 2. The van der Waals surface area contributed by atoms with Crippen molar-refractivity contribution in [2.24, 2.45) is 0 Å².